The normalized spacial score (nSPS) is 21.9. The lowest BCUT2D eigenvalue weighted by molar-refractivity contribution is 0.430. The van der Waals surface area contributed by atoms with Gasteiger partial charge >= 0.3 is 0 Å². The molecular formula is C13H20N2. The molecule has 1 heterocycles. The van der Waals surface area contributed by atoms with E-state index in [4.69, 9.17) is 0 Å². The minimum atomic E-state index is 0.484. The van der Waals surface area contributed by atoms with E-state index in [2.05, 4.69) is 48.7 Å². The zero-order valence-corrected chi connectivity index (χ0v) is 9.59. The Balaban J connectivity index is 2.16. The lowest BCUT2D eigenvalue weighted by atomic mass is 9.97. The third-order valence-electron chi connectivity index (χ3n) is 3.02. The predicted octanol–water partition coefficient (Wildman–Crippen LogP) is 2.04. The maximum Gasteiger partial charge on any atom is 0.0447 e. The van der Waals surface area contributed by atoms with Crippen molar-refractivity contribution in [3.63, 3.8) is 0 Å². The molecular weight excluding hydrogens is 184 g/mol. The molecule has 0 bridgehead atoms. The topological polar surface area (TPSA) is 24.1 Å². The fourth-order valence-corrected chi connectivity index (χ4v) is 2.02. The van der Waals surface area contributed by atoms with Gasteiger partial charge in [0.1, 0.15) is 0 Å². The van der Waals surface area contributed by atoms with Crippen molar-refractivity contribution in [2.24, 2.45) is 0 Å². The molecule has 1 aromatic rings. The summed E-state index contributed by atoms with van der Waals surface area (Å²) in [5, 5.41) is 6.96. The van der Waals surface area contributed by atoms with Crippen LogP contribution in [0.5, 0.6) is 0 Å². The van der Waals surface area contributed by atoms with Gasteiger partial charge in [-0.05, 0) is 17.0 Å². The van der Waals surface area contributed by atoms with Crippen LogP contribution in [0.2, 0.25) is 0 Å². The highest BCUT2D eigenvalue weighted by atomic mass is 15.1. The van der Waals surface area contributed by atoms with E-state index in [1.165, 1.54) is 11.1 Å². The molecule has 1 aliphatic rings. The highest BCUT2D eigenvalue weighted by molar-refractivity contribution is 5.28. The summed E-state index contributed by atoms with van der Waals surface area (Å²) in [6, 6.07) is 9.41. The fraction of sp³-hybridized carbons (Fsp3) is 0.538. The Morgan fingerprint density at radius 1 is 1.27 bits per heavy atom. The van der Waals surface area contributed by atoms with Gasteiger partial charge in [-0.15, -0.1) is 0 Å². The third kappa shape index (κ3) is 2.58. The van der Waals surface area contributed by atoms with Crippen LogP contribution in [0.25, 0.3) is 0 Å². The first-order valence-electron chi connectivity index (χ1n) is 5.81. The standard InChI is InChI=1S/C13H20N2/c1-10(2)11-4-3-5-12(8-11)13-9-14-6-7-15-13/h3-5,8,10,13-15H,6-7,9H2,1-2H3/t13-/m0/s1. The average molecular weight is 204 g/mol. The van der Waals surface area contributed by atoms with Crippen molar-refractivity contribution in [1.29, 1.82) is 0 Å². The monoisotopic (exact) mass is 204 g/mol. The van der Waals surface area contributed by atoms with Crippen molar-refractivity contribution < 1.29 is 0 Å². The summed E-state index contributed by atoms with van der Waals surface area (Å²) in [6.07, 6.45) is 0. The second-order valence-electron chi connectivity index (χ2n) is 4.54. The van der Waals surface area contributed by atoms with Crippen molar-refractivity contribution in [3.8, 4) is 0 Å². The smallest absolute Gasteiger partial charge is 0.0447 e. The van der Waals surface area contributed by atoms with Crippen LogP contribution in [-0.2, 0) is 0 Å². The highest BCUT2D eigenvalue weighted by Gasteiger charge is 2.14. The van der Waals surface area contributed by atoms with Crippen molar-refractivity contribution >= 4 is 0 Å². The Labute approximate surface area is 92.1 Å². The summed E-state index contributed by atoms with van der Waals surface area (Å²) in [6.45, 7) is 7.68. The van der Waals surface area contributed by atoms with E-state index in [0.717, 1.165) is 19.6 Å². The van der Waals surface area contributed by atoms with Crippen LogP contribution < -0.4 is 10.6 Å². The second-order valence-corrected chi connectivity index (χ2v) is 4.54. The molecule has 2 nitrogen and oxygen atoms in total. The summed E-state index contributed by atoms with van der Waals surface area (Å²) in [5.74, 6) is 0.612. The summed E-state index contributed by atoms with van der Waals surface area (Å²) in [5.41, 5.74) is 2.84. The molecule has 1 saturated heterocycles. The van der Waals surface area contributed by atoms with Gasteiger partial charge in [-0.3, -0.25) is 0 Å². The number of hydrogen-bond donors (Lipinski definition) is 2. The molecule has 1 atom stereocenters. The minimum Gasteiger partial charge on any atom is -0.314 e. The molecule has 0 aromatic heterocycles. The minimum absolute atomic E-state index is 0.484. The van der Waals surface area contributed by atoms with Crippen molar-refractivity contribution in [1.82, 2.24) is 10.6 Å². The summed E-state index contributed by atoms with van der Waals surface area (Å²) < 4.78 is 0. The van der Waals surface area contributed by atoms with E-state index in [0.29, 0.717) is 12.0 Å². The van der Waals surface area contributed by atoms with E-state index >= 15 is 0 Å². The quantitative estimate of drug-likeness (QED) is 0.770. The Bertz CT molecular complexity index is 314. The largest absolute Gasteiger partial charge is 0.314 e. The number of rotatable bonds is 2. The first kappa shape index (κ1) is 10.7. The molecule has 0 aliphatic carbocycles. The molecule has 0 radical (unpaired) electrons. The fourth-order valence-electron chi connectivity index (χ4n) is 2.02. The second kappa shape index (κ2) is 4.77. The van der Waals surface area contributed by atoms with Gasteiger partial charge in [0.05, 0.1) is 0 Å². The summed E-state index contributed by atoms with van der Waals surface area (Å²) >= 11 is 0. The van der Waals surface area contributed by atoms with Crippen molar-refractivity contribution in [2.45, 2.75) is 25.8 Å². The van der Waals surface area contributed by atoms with Crippen LogP contribution in [0.3, 0.4) is 0 Å². The molecule has 2 N–H and O–H groups in total. The Kier molecular flexibility index (Phi) is 3.39. The zero-order valence-electron chi connectivity index (χ0n) is 9.59. The zero-order chi connectivity index (χ0) is 10.7. The van der Waals surface area contributed by atoms with Crippen LogP contribution in [0.4, 0.5) is 0 Å². The lowest BCUT2D eigenvalue weighted by Gasteiger charge is -2.25. The molecule has 2 heteroatoms. The van der Waals surface area contributed by atoms with E-state index < -0.39 is 0 Å². The van der Waals surface area contributed by atoms with Crippen LogP contribution in [-0.4, -0.2) is 19.6 Å². The predicted molar refractivity (Wildman–Crippen MR) is 64.1 cm³/mol. The molecule has 0 amide bonds. The van der Waals surface area contributed by atoms with Crippen molar-refractivity contribution in [2.75, 3.05) is 19.6 Å². The summed E-state index contributed by atoms with van der Waals surface area (Å²) in [4.78, 5) is 0. The average Bonchev–Trinajstić information content (AvgIpc) is 2.30. The Morgan fingerprint density at radius 2 is 2.13 bits per heavy atom. The van der Waals surface area contributed by atoms with Gasteiger partial charge in [-0.1, -0.05) is 38.1 Å². The SMILES string of the molecule is CC(C)c1cccc([C@@H]2CNCCN2)c1. The molecule has 0 unspecified atom stereocenters. The molecule has 1 fully saturated rings. The molecule has 2 rings (SSSR count). The molecule has 15 heavy (non-hydrogen) atoms. The first-order chi connectivity index (χ1) is 7.27. The molecule has 0 saturated carbocycles. The van der Waals surface area contributed by atoms with Crippen LogP contribution in [0.1, 0.15) is 36.9 Å². The molecule has 1 aliphatic heterocycles. The number of hydrogen-bond acceptors (Lipinski definition) is 2. The van der Waals surface area contributed by atoms with Crippen LogP contribution in [0, 0.1) is 0 Å². The van der Waals surface area contributed by atoms with Crippen LogP contribution in [0.15, 0.2) is 24.3 Å². The third-order valence-corrected chi connectivity index (χ3v) is 3.02. The van der Waals surface area contributed by atoms with Gasteiger partial charge in [0.2, 0.25) is 0 Å². The lowest BCUT2D eigenvalue weighted by Crippen LogP contribution is -2.42. The van der Waals surface area contributed by atoms with Gasteiger partial charge in [-0.25, -0.2) is 0 Å². The van der Waals surface area contributed by atoms with Gasteiger partial charge in [0.25, 0.3) is 0 Å². The molecule has 0 spiro atoms. The Hall–Kier alpha value is -0.860. The summed E-state index contributed by atoms with van der Waals surface area (Å²) in [7, 11) is 0. The molecule has 82 valence electrons. The van der Waals surface area contributed by atoms with E-state index in [9.17, 15) is 0 Å². The van der Waals surface area contributed by atoms with E-state index in [1.54, 1.807) is 0 Å². The highest BCUT2D eigenvalue weighted by Crippen LogP contribution is 2.20. The maximum absolute atomic E-state index is 3.54. The number of benzene rings is 1. The number of piperazine rings is 1. The number of nitrogens with one attached hydrogen (secondary N) is 2. The van der Waals surface area contributed by atoms with Crippen molar-refractivity contribution in [3.05, 3.63) is 35.4 Å². The van der Waals surface area contributed by atoms with Gasteiger partial charge in [0.15, 0.2) is 0 Å². The van der Waals surface area contributed by atoms with E-state index in [-0.39, 0.29) is 0 Å². The van der Waals surface area contributed by atoms with Gasteiger partial charge in [-0.2, -0.15) is 0 Å². The van der Waals surface area contributed by atoms with E-state index in [1.807, 2.05) is 0 Å². The maximum atomic E-state index is 3.54. The first-order valence-corrected chi connectivity index (χ1v) is 5.81. The van der Waals surface area contributed by atoms with Gasteiger partial charge < -0.3 is 10.6 Å². The van der Waals surface area contributed by atoms with Gasteiger partial charge in [0, 0.05) is 25.7 Å². The Morgan fingerprint density at radius 3 is 2.80 bits per heavy atom. The molecule has 1 aromatic carbocycles. The van der Waals surface area contributed by atoms with Crippen LogP contribution >= 0.6 is 0 Å².